The minimum Gasteiger partial charge on any atom is -0.305 e. The van der Waals surface area contributed by atoms with Crippen molar-refractivity contribution in [1.82, 2.24) is 9.78 Å². The quantitative estimate of drug-likeness (QED) is 0.570. The second kappa shape index (κ2) is 7.50. The van der Waals surface area contributed by atoms with Crippen molar-refractivity contribution in [3.05, 3.63) is 88.9 Å². The Kier molecular flexibility index (Phi) is 4.78. The van der Waals surface area contributed by atoms with E-state index < -0.39 is 6.04 Å². The molecule has 156 valence electrons. The standard InChI is InChI=1S/C27H27N3O/c1-27-17-23(28-2)25(31)21(16-18-10-6-4-7-11-18)22(27)15-14-20-24(30(3)29-26(20)27)19-12-8-5-9-13-19/h4-13,21-23H,14-17H2,1,3H3/t21-,22-,23?,27-/m0/s1. The molecule has 2 aliphatic carbocycles. The van der Waals surface area contributed by atoms with Gasteiger partial charge in [0.25, 0.3) is 6.04 Å². The summed E-state index contributed by atoms with van der Waals surface area (Å²) in [6.07, 6.45) is 3.17. The monoisotopic (exact) mass is 409 g/mol. The summed E-state index contributed by atoms with van der Waals surface area (Å²) in [5, 5.41) is 5.02. The first-order chi connectivity index (χ1) is 15.0. The van der Waals surface area contributed by atoms with Crippen molar-refractivity contribution in [2.45, 2.75) is 44.1 Å². The lowest BCUT2D eigenvalue weighted by Gasteiger charge is -2.47. The van der Waals surface area contributed by atoms with Crippen molar-refractivity contribution in [1.29, 1.82) is 0 Å². The molecule has 0 bridgehead atoms. The number of nitrogens with zero attached hydrogens (tertiary/aromatic N) is 3. The van der Waals surface area contributed by atoms with E-state index in [1.807, 2.05) is 36.0 Å². The molecule has 1 saturated carbocycles. The van der Waals surface area contributed by atoms with Crippen molar-refractivity contribution < 1.29 is 4.79 Å². The molecule has 0 spiro atoms. The summed E-state index contributed by atoms with van der Waals surface area (Å²) in [5.41, 5.74) is 5.65. The highest BCUT2D eigenvalue weighted by atomic mass is 16.1. The number of benzene rings is 2. The molecule has 1 heterocycles. The minimum atomic E-state index is -0.580. The van der Waals surface area contributed by atoms with Crippen molar-refractivity contribution in [2.75, 3.05) is 0 Å². The number of fused-ring (bicyclic) bond motifs is 3. The van der Waals surface area contributed by atoms with E-state index in [4.69, 9.17) is 11.7 Å². The van der Waals surface area contributed by atoms with Crippen LogP contribution >= 0.6 is 0 Å². The maximum absolute atomic E-state index is 13.3. The summed E-state index contributed by atoms with van der Waals surface area (Å²) in [6.45, 7) is 9.98. The third-order valence-electron chi connectivity index (χ3n) is 7.51. The van der Waals surface area contributed by atoms with Crippen LogP contribution in [0, 0.1) is 18.4 Å². The zero-order valence-electron chi connectivity index (χ0n) is 18.1. The van der Waals surface area contributed by atoms with Gasteiger partial charge in [-0.3, -0.25) is 9.48 Å². The Morgan fingerprint density at radius 2 is 1.81 bits per heavy atom. The lowest BCUT2D eigenvalue weighted by molar-refractivity contribution is -0.130. The van der Waals surface area contributed by atoms with Crippen LogP contribution in [0.2, 0.25) is 0 Å². The molecule has 2 aliphatic rings. The van der Waals surface area contributed by atoms with Gasteiger partial charge in [-0.05, 0) is 30.7 Å². The number of carbonyl (C=O) groups excluding carboxylic acids is 1. The molecule has 5 rings (SSSR count). The predicted molar refractivity (Wildman–Crippen MR) is 121 cm³/mol. The van der Waals surface area contributed by atoms with E-state index in [0.29, 0.717) is 12.8 Å². The fraction of sp³-hybridized carbons (Fsp3) is 0.370. The van der Waals surface area contributed by atoms with Gasteiger partial charge in [0, 0.05) is 35.9 Å². The van der Waals surface area contributed by atoms with Crippen LogP contribution in [0.15, 0.2) is 60.7 Å². The molecular formula is C27H27N3O. The summed E-state index contributed by atoms with van der Waals surface area (Å²) in [5.74, 6) is 0.212. The van der Waals surface area contributed by atoms with Gasteiger partial charge in [0.05, 0.1) is 11.4 Å². The number of hydrogen-bond acceptors (Lipinski definition) is 2. The number of Topliss-reactive ketones (excluding diaryl/α,β-unsaturated/α-hetero) is 1. The first-order valence-electron chi connectivity index (χ1n) is 11.1. The number of aryl methyl sites for hydroxylation is 1. The Bertz CT molecular complexity index is 1160. The van der Waals surface area contributed by atoms with Crippen molar-refractivity contribution in [2.24, 2.45) is 18.9 Å². The molecule has 4 heteroatoms. The fourth-order valence-electron chi connectivity index (χ4n) is 6.08. The highest BCUT2D eigenvalue weighted by Gasteiger charge is 2.57. The van der Waals surface area contributed by atoms with Gasteiger partial charge in [-0.2, -0.15) is 5.10 Å². The van der Waals surface area contributed by atoms with Crippen molar-refractivity contribution in [3.63, 3.8) is 0 Å². The van der Waals surface area contributed by atoms with E-state index in [-0.39, 0.29) is 23.0 Å². The van der Waals surface area contributed by atoms with Crippen molar-refractivity contribution in [3.8, 4) is 11.3 Å². The summed E-state index contributed by atoms with van der Waals surface area (Å²) < 4.78 is 2.00. The van der Waals surface area contributed by atoms with E-state index in [1.54, 1.807) is 0 Å². The molecule has 0 saturated heterocycles. The smallest absolute Gasteiger partial charge is 0.282 e. The number of rotatable bonds is 3. The molecule has 4 nitrogen and oxygen atoms in total. The fourth-order valence-corrected chi connectivity index (χ4v) is 6.08. The third kappa shape index (κ3) is 3.11. The summed E-state index contributed by atoms with van der Waals surface area (Å²) in [4.78, 5) is 17.1. The third-order valence-corrected chi connectivity index (χ3v) is 7.51. The maximum atomic E-state index is 13.3. The van der Waals surface area contributed by atoms with Crippen molar-refractivity contribution >= 4 is 5.78 Å². The van der Waals surface area contributed by atoms with Crippen LogP contribution in [-0.4, -0.2) is 21.6 Å². The minimum absolute atomic E-state index is 0.129. The molecule has 2 aromatic carbocycles. The van der Waals surface area contributed by atoms with Crippen LogP contribution in [0.1, 0.15) is 36.6 Å². The van der Waals surface area contributed by atoms with Crippen LogP contribution in [0.5, 0.6) is 0 Å². The molecule has 1 aromatic heterocycles. The van der Waals surface area contributed by atoms with Gasteiger partial charge in [0.15, 0.2) is 0 Å². The summed E-state index contributed by atoms with van der Waals surface area (Å²) >= 11 is 0. The van der Waals surface area contributed by atoms with Gasteiger partial charge in [-0.25, -0.2) is 6.57 Å². The van der Waals surface area contributed by atoms with Crippen LogP contribution < -0.4 is 0 Å². The molecule has 0 aliphatic heterocycles. The molecule has 0 N–H and O–H groups in total. The lowest BCUT2D eigenvalue weighted by atomic mass is 9.54. The highest BCUT2D eigenvalue weighted by Crippen LogP contribution is 2.53. The summed E-state index contributed by atoms with van der Waals surface area (Å²) in [6, 6.07) is 20.1. The SMILES string of the molecule is [C-]#[N+]C1C[C@]2(C)c3nn(C)c(-c4ccccc4)c3CC[C@H]2[C@H](Cc2ccccc2)C1=O. The topological polar surface area (TPSA) is 39.2 Å². The molecule has 0 amide bonds. The molecule has 0 radical (unpaired) electrons. The van der Waals surface area contributed by atoms with Crippen LogP contribution in [0.25, 0.3) is 16.1 Å². The largest absolute Gasteiger partial charge is 0.305 e. The van der Waals surface area contributed by atoms with Gasteiger partial charge >= 0.3 is 0 Å². The maximum Gasteiger partial charge on any atom is 0.282 e. The van der Waals surface area contributed by atoms with E-state index in [0.717, 1.165) is 18.5 Å². The first kappa shape index (κ1) is 19.8. The Balaban J connectivity index is 1.60. The predicted octanol–water partition coefficient (Wildman–Crippen LogP) is 5.03. The first-order valence-corrected chi connectivity index (χ1v) is 11.1. The number of aromatic nitrogens is 2. The van der Waals surface area contributed by atoms with Gasteiger partial charge < -0.3 is 4.85 Å². The Labute approximate surface area is 183 Å². The molecule has 4 atom stereocenters. The van der Waals surface area contributed by atoms with E-state index in [1.165, 1.54) is 22.4 Å². The number of hydrogen-bond donors (Lipinski definition) is 0. The van der Waals surface area contributed by atoms with Crippen LogP contribution in [0.3, 0.4) is 0 Å². The van der Waals surface area contributed by atoms with Gasteiger partial charge in [-0.1, -0.05) is 67.6 Å². The second-order valence-electron chi connectivity index (χ2n) is 9.28. The molecule has 31 heavy (non-hydrogen) atoms. The van der Waals surface area contributed by atoms with Gasteiger partial charge in [0.1, 0.15) is 0 Å². The summed E-state index contributed by atoms with van der Waals surface area (Å²) in [7, 11) is 2.01. The average Bonchev–Trinajstić information content (AvgIpc) is 3.14. The Morgan fingerprint density at radius 3 is 2.48 bits per heavy atom. The van der Waals surface area contributed by atoms with E-state index in [9.17, 15) is 4.79 Å². The van der Waals surface area contributed by atoms with Crippen LogP contribution in [0.4, 0.5) is 0 Å². The second-order valence-corrected chi connectivity index (χ2v) is 9.28. The average molecular weight is 410 g/mol. The molecular weight excluding hydrogens is 382 g/mol. The Hall–Kier alpha value is -3.19. The van der Waals surface area contributed by atoms with Gasteiger partial charge in [0.2, 0.25) is 5.78 Å². The number of carbonyl (C=O) groups is 1. The molecule has 3 aromatic rings. The zero-order valence-corrected chi connectivity index (χ0v) is 18.1. The molecule has 1 fully saturated rings. The van der Waals surface area contributed by atoms with Crippen LogP contribution in [-0.2, 0) is 30.1 Å². The molecule has 1 unspecified atom stereocenters. The lowest BCUT2D eigenvalue weighted by Crippen LogP contribution is -2.53. The van der Waals surface area contributed by atoms with E-state index in [2.05, 4.69) is 48.2 Å². The van der Waals surface area contributed by atoms with Gasteiger partial charge in [-0.15, -0.1) is 0 Å². The normalized spacial score (nSPS) is 27.3. The highest BCUT2D eigenvalue weighted by molar-refractivity contribution is 5.90. The Morgan fingerprint density at radius 1 is 1.13 bits per heavy atom. The zero-order chi connectivity index (χ0) is 21.6. The number of ketones is 1. The van der Waals surface area contributed by atoms with E-state index >= 15 is 0 Å².